The number of aromatic hydroxyl groups is 1. The van der Waals surface area contributed by atoms with E-state index >= 15 is 0 Å². The minimum atomic E-state index is 0.265. The van der Waals surface area contributed by atoms with E-state index in [-0.39, 0.29) is 5.75 Å². The zero-order chi connectivity index (χ0) is 13.4. The van der Waals surface area contributed by atoms with E-state index in [0.29, 0.717) is 12.2 Å². The van der Waals surface area contributed by atoms with E-state index in [0.717, 1.165) is 16.9 Å². The van der Waals surface area contributed by atoms with Crippen LogP contribution in [0.15, 0.2) is 6.20 Å². The maximum Gasteiger partial charge on any atom is 0.141 e. The highest BCUT2D eigenvalue weighted by molar-refractivity contribution is 7.98. The number of unbranched alkanes of at least 4 members (excludes halogenated alkanes) is 3. The van der Waals surface area contributed by atoms with Crippen molar-refractivity contribution in [3.63, 3.8) is 0 Å². The molecule has 1 rings (SSSR count). The van der Waals surface area contributed by atoms with Crippen LogP contribution in [0.1, 0.15) is 49.4 Å². The van der Waals surface area contributed by atoms with Gasteiger partial charge in [0.05, 0.1) is 5.69 Å². The molecule has 1 aromatic heterocycles. The molecular formula is C14H24N2OS. The minimum absolute atomic E-state index is 0.265. The third-order valence-electron chi connectivity index (χ3n) is 3.03. The van der Waals surface area contributed by atoms with Crippen LogP contribution in [-0.4, -0.2) is 15.8 Å². The maximum absolute atomic E-state index is 9.90. The van der Waals surface area contributed by atoms with Gasteiger partial charge in [-0.05, 0) is 24.7 Å². The highest BCUT2D eigenvalue weighted by Gasteiger charge is 2.09. The van der Waals surface area contributed by atoms with E-state index in [1.165, 1.54) is 31.4 Å². The van der Waals surface area contributed by atoms with Crippen molar-refractivity contribution in [2.75, 3.05) is 5.75 Å². The topological polar surface area (TPSA) is 59.1 Å². The molecule has 0 fully saturated rings. The molecular weight excluding hydrogens is 244 g/mol. The Morgan fingerprint density at radius 2 is 2.11 bits per heavy atom. The van der Waals surface area contributed by atoms with Crippen molar-refractivity contribution < 1.29 is 5.11 Å². The molecule has 3 nitrogen and oxygen atoms in total. The largest absolute Gasteiger partial charge is 0.506 e. The summed E-state index contributed by atoms with van der Waals surface area (Å²) in [4.78, 5) is 4.20. The first kappa shape index (κ1) is 15.3. The van der Waals surface area contributed by atoms with Gasteiger partial charge in [0.1, 0.15) is 5.75 Å². The molecule has 1 aromatic rings. The maximum atomic E-state index is 9.90. The highest BCUT2D eigenvalue weighted by Crippen LogP contribution is 2.26. The standard InChI is InChI=1S/C14H24N2OS/c1-3-4-5-6-7-18-10-12-9-16-11(2)14(17)13(12)8-15/h9,17H,3-8,10,15H2,1-2H3. The normalized spacial score (nSPS) is 10.8. The lowest BCUT2D eigenvalue weighted by molar-refractivity contribution is 0.459. The number of aromatic nitrogens is 1. The van der Waals surface area contributed by atoms with Crippen LogP contribution >= 0.6 is 11.8 Å². The number of aryl methyl sites for hydroxylation is 1. The Labute approximate surface area is 114 Å². The van der Waals surface area contributed by atoms with Gasteiger partial charge in [-0.2, -0.15) is 11.8 Å². The van der Waals surface area contributed by atoms with Crippen molar-refractivity contribution in [1.29, 1.82) is 0 Å². The molecule has 102 valence electrons. The minimum Gasteiger partial charge on any atom is -0.506 e. The Kier molecular flexibility index (Phi) is 7.13. The van der Waals surface area contributed by atoms with Crippen molar-refractivity contribution in [2.45, 2.75) is 51.8 Å². The summed E-state index contributed by atoms with van der Waals surface area (Å²) in [6, 6.07) is 0. The van der Waals surface area contributed by atoms with Crippen LogP contribution in [-0.2, 0) is 12.3 Å². The van der Waals surface area contributed by atoms with Gasteiger partial charge in [0.15, 0.2) is 0 Å². The lowest BCUT2D eigenvalue weighted by Gasteiger charge is -2.10. The quantitative estimate of drug-likeness (QED) is 0.710. The van der Waals surface area contributed by atoms with Gasteiger partial charge in [-0.25, -0.2) is 0 Å². The van der Waals surface area contributed by atoms with Crippen molar-refractivity contribution in [2.24, 2.45) is 5.73 Å². The fraction of sp³-hybridized carbons (Fsp3) is 0.643. The zero-order valence-corrected chi connectivity index (χ0v) is 12.2. The molecule has 0 saturated heterocycles. The molecule has 18 heavy (non-hydrogen) atoms. The number of hydrogen-bond donors (Lipinski definition) is 2. The molecule has 0 aliphatic heterocycles. The molecule has 4 heteroatoms. The first-order valence-electron chi connectivity index (χ1n) is 6.64. The fourth-order valence-corrected chi connectivity index (χ4v) is 2.87. The predicted octanol–water partition coefficient (Wildman–Crippen LogP) is 3.37. The second kappa shape index (κ2) is 8.38. The second-order valence-corrected chi connectivity index (χ2v) is 5.62. The van der Waals surface area contributed by atoms with Gasteiger partial charge in [0, 0.05) is 24.1 Å². The molecule has 3 N–H and O–H groups in total. The summed E-state index contributed by atoms with van der Waals surface area (Å²) >= 11 is 1.89. The van der Waals surface area contributed by atoms with E-state index in [2.05, 4.69) is 11.9 Å². The summed E-state index contributed by atoms with van der Waals surface area (Å²) in [6.07, 6.45) is 7.02. The summed E-state index contributed by atoms with van der Waals surface area (Å²) in [5.41, 5.74) is 8.27. The van der Waals surface area contributed by atoms with Crippen molar-refractivity contribution in [3.8, 4) is 5.75 Å². The van der Waals surface area contributed by atoms with Gasteiger partial charge < -0.3 is 10.8 Å². The Balaban J connectivity index is 2.45. The summed E-state index contributed by atoms with van der Waals surface area (Å²) < 4.78 is 0. The van der Waals surface area contributed by atoms with E-state index in [1.54, 1.807) is 6.92 Å². The van der Waals surface area contributed by atoms with Crippen molar-refractivity contribution in [3.05, 3.63) is 23.0 Å². The molecule has 0 aliphatic carbocycles. The van der Waals surface area contributed by atoms with Crippen LogP contribution in [0.2, 0.25) is 0 Å². The van der Waals surface area contributed by atoms with Crippen LogP contribution in [0.25, 0.3) is 0 Å². The third-order valence-corrected chi connectivity index (χ3v) is 4.13. The molecule has 0 unspecified atom stereocenters. The molecule has 0 spiro atoms. The lowest BCUT2D eigenvalue weighted by Crippen LogP contribution is -2.04. The van der Waals surface area contributed by atoms with Crippen LogP contribution in [0, 0.1) is 6.92 Å². The smallest absolute Gasteiger partial charge is 0.141 e. The highest BCUT2D eigenvalue weighted by atomic mass is 32.2. The molecule has 0 radical (unpaired) electrons. The van der Waals surface area contributed by atoms with Crippen LogP contribution in [0.4, 0.5) is 0 Å². The molecule has 0 aromatic carbocycles. The Bertz CT molecular complexity index is 369. The Morgan fingerprint density at radius 3 is 2.78 bits per heavy atom. The Morgan fingerprint density at radius 1 is 1.33 bits per heavy atom. The van der Waals surface area contributed by atoms with Gasteiger partial charge in [0.25, 0.3) is 0 Å². The van der Waals surface area contributed by atoms with Crippen LogP contribution in [0.3, 0.4) is 0 Å². The van der Waals surface area contributed by atoms with Gasteiger partial charge in [-0.1, -0.05) is 26.2 Å². The van der Waals surface area contributed by atoms with Gasteiger partial charge >= 0.3 is 0 Å². The summed E-state index contributed by atoms with van der Waals surface area (Å²) in [7, 11) is 0. The van der Waals surface area contributed by atoms with Crippen LogP contribution < -0.4 is 5.73 Å². The molecule has 0 atom stereocenters. The first-order chi connectivity index (χ1) is 8.70. The number of hydrogen-bond acceptors (Lipinski definition) is 4. The van der Waals surface area contributed by atoms with Crippen molar-refractivity contribution in [1.82, 2.24) is 4.98 Å². The first-order valence-corrected chi connectivity index (χ1v) is 7.80. The van der Waals surface area contributed by atoms with Gasteiger partial charge in [0.2, 0.25) is 0 Å². The number of thioether (sulfide) groups is 1. The molecule has 1 heterocycles. The van der Waals surface area contributed by atoms with E-state index in [1.807, 2.05) is 18.0 Å². The SMILES string of the molecule is CCCCCCSCc1cnc(C)c(O)c1CN. The van der Waals surface area contributed by atoms with Gasteiger partial charge in [-0.15, -0.1) is 0 Å². The second-order valence-electron chi connectivity index (χ2n) is 4.51. The van der Waals surface area contributed by atoms with Gasteiger partial charge in [-0.3, -0.25) is 4.98 Å². The van der Waals surface area contributed by atoms with E-state index in [4.69, 9.17) is 5.73 Å². The number of nitrogens with zero attached hydrogens (tertiary/aromatic N) is 1. The third kappa shape index (κ3) is 4.50. The summed E-state index contributed by atoms with van der Waals surface area (Å²) in [6.45, 7) is 4.40. The average Bonchev–Trinajstić information content (AvgIpc) is 2.38. The summed E-state index contributed by atoms with van der Waals surface area (Å²) in [5.74, 6) is 2.32. The molecule has 0 bridgehead atoms. The molecule has 0 saturated carbocycles. The average molecular weight is 268 g/mol. The van der Waals surface area contributed by atoms with E-state index in [9.17, 15) is 5.11 Å². The van der Waals surface area contributed by atoms with Crippen molar-refractivity contribution >= 4 is 11.8 Å². The monoisotopic (exact) mass is 268 g/mol. The zero-order valence-electron chi connectivity index (χ0n) is 11.4. The van der Waals surface area contributed by atoms with Crippen LogP contribution in [0.5, 0.6) is 5.75 Å². The predicted molar refractivity (Wildman–Crippen MR) is 78.8 cm³/mol. The van der Waals surface area contributed by atoms with E-state index < -0.39 is 0 Å². The molecule has 0 aliphatic rings. The fourth-order valence-electron chi connectivity index (χ4n) is 1.85. The summed E-state index contributed by atoms with van der Waals surface area (Å²) in [5, 5.41) is 9.90. The number of nitrogens with two attached hydrogens (primary N) is 1. The Hall–Kier alpha value is -0.740. The lowest BCUT2D eigenvalue weighted by atomic mass is 10.1. The molecule has 0 amide bonds. The number of rotatable bonds is 8. The number of pyridine rings is 1.